The van der Waals surface area contributed by atoms with Crippen molar-refractivity contribution in [3.8, 4) is 0 Å². The van der Waals surface area contributed by atoms with E-state index < -0.39 is 18.0 Å². The summed E-state index contributed by atoms with van der Waals surface area (Å²) in [4.78, 5) is 2.52. The van der Waals surface area contributed by atoms with Crippen LogP contribution in [-0.4, -0.2) is 22.9 Å². The Morgan fingerprint density at radius 3 is 2.76 bits per heavy atom. The molecule has 0 saturated carbocycles. The Morgan fingerprint density at radius 2 is 2.18 bits per heavy atom. The van der Waals surface area contributed by atoms with Crippen LogP contribution in [0.1, 0.15) is 18.1 Å². The number of azide groups is 1. The van der Waals surface area contributed by atoms with Crippen molar-refractivity contribution in [1.29, 1.82) is 0 Å². The molecule has 1 aromatic rings. The maximum atomic E-state index is 13.1. The molecule has 0 bridgehead atoms. The molecular weight excluding hydrogens is 227 g/mol. The first-order valence-electron chi connectivity index (χ1n) is 4.98. The maximum Gasteiger partial charge on any atom is 0.146 e. The predicted molar refractivity (Wildman–Crippen MR) is 60.4 cm³/mol. The molecule has 6 nitrogen and oxygen atoms in total. The monoisotopic (exact) mass is 240 g/mol. The van der Waals surface area contributed by atoms with E-state index in [0.29, 0.717) is 0 Å². The summed E-state index contributed by atoms with van der Waals surface area (Å²) in [5.41, 5.74) is 13.5. The molecule has 0 saturated heterocycles. The van der Waals surface area contributed by atoms with Gasteiger partial charge in [0.05, 0.1) is 11.8 Å². The molecular formula is C10H13FN4O2. The van der Waals surface area contributed by atoms with Gasteiger partial charge in [-0.1, -0.05) is 11.2 Å². The molecule has 0 amide bonds. The predicted octanol–water partition coefficient (Wildman–Crippen LogP) is 1.50. The number of nitrogens with two attached hydrogens (primary N) is 1. The molecule has 0 heterocycles. The minimum Gasteiger partial charge on any atom is -0.396 e. The van der Waals surface area contributed by atoms with E-state index in [1.165, 1.54) is 12.1 Å². The summed E-state index contributed by atoms with van der Waals surface area (Å²) in [6.07, 6.45) is -2.26. The van der Waals surface area contributed by atoms with E-state index in [0.717, 1.165) is 6.07 Å². The van der Waals surface area contributed by atoms with Crippen LogP contribution in [0.15, 0.2) is 23.3 Å². The van der Waals surface area contributed by atoms with Gasteiger partial charge in [-0.25, -0.2) is 4.39 Å². The minimum absolute atomic E-state index is 0.0236. The molecule has 2 unspecified atom stereocenters. The Kier molecular flexibility index (Phi) is 4.71. The Hall–Kier alpha value is -1.82. The molecule has 0 aliphatic rings. The van der Waals surface area contributed by atoms with Crippen LogP contribution < -0.4 is 5.73 Å². The van der Waals surface area contributed by atoms with Crippen LogP contribution in [0.4, 0.5) is 10.1 Å². The molecule has 0 fully saturated rings. The number of hydrogen-bond acceptors (Lipinski definition) is 4. The highest BCUT2D eigenvalue weighted by Gasteiger charge is 2.18. The lowest BCUT2D eigenvalue weighted by molar-refractivity contribution is 0.0149. The molecule has 1 aromatic carbocycles. The van der Waals surface area contributed by atoms with Crippen molar-refractivity contribution in [2.45, 2.75) is 18.6 Å². The van der Waals surface area contributed by atoms with E-state index in [1.807, 2.05) is 0 Å². The highest BCUT2D eigenvalue weighted by molar-refractivity contribution is 5.41. The first kappa shape index (κ1) is 13.2. The molecule has 0 aliphatic carbocycles. The molecule has 17 heavy (non-hydrogen) atoms. The summed E-state index contributed by atoms with van der Waals surface area (Å²) in [6, 6.07) is 3.81. The number of aliphatic hydroxyl groups excluding tert-OH is 2. The summed E-state index contributed by atoms with van der Waals surface area (Å²) >= 11 is 0. The molecule has 2 atom stereocenters. The van der Waals surface area contributed by atoms with Crippen LogP contribution in [0.25, 0.3) is 10.4 Å². The average molecular weight is 240 g/mol. The fourth-order valence-electron chi connectivity index (χ4n) is 1.34. The van der Waals surface area contributed by atoms with Gasteiger partial charge in [0, 0.05) is 11.5 Å². The van der Waals surface area contributed by atoms with Crippen molar-refractivity contribution in [2.24, 2.45) is 5.11 Å². The topological polar surface area (TPSA) is 115 Å². The Labute approximate surface area is 97.1 Å². The zero-order valence-corrected chi connectivity index (χ0v) is 8.99. The summed E-state index contributed by atoms with van der Waals surface area (Å²) in [5.74, 6) is -0.649. The van der Waals surface area contributed by atoms with Gasteiger partial charge < -0.3 is 15.9 Å². The molecule has 0 aromatic heterocycles. The number of rotatable bonds is 5. The second-order valence-electron chi connectivity index (χ2n) is 3.54. The largest absolute Gasteiger partial charge is 0.396 e. The fraction of sp³-hybridized carbons (Fsp3) is 0.400. The van der Waals surface area contributed by atoms with E-state index in [2.05, 4.69) is 10.0 Å². The van der Waals surface area contributed by atoms with Crippen LogP contribution in [0.2, 0.25) is 0 Å². The van der Waals surface area contributed by atoms with E-state index >= 15 is 0 Å². The zero-order chi connectivity index (χ0) is 12.8. The number of aliphatic hydroxyl groups is 2. The molecule has 0 aliphatic heterocycles. The normalized spacial score (nSPS) is 13.8. The molecule has 1 rings (SSSR count). The smallest absolute Gasteiger partial charge is 0.146 e. The van der Waals surface area contributed by atoms with Gasteiger partial charge in [-0.2, -0.15) is 0 Å². The number of nitrogen functional groups attached to an aromatic ring is 1. The summed E-state index contributed by atoms with van der Waals surface area (Å²) in [7, 11) is 0. The third-order valence-electron chi connectivity index (χ3n) is 2.32. The number of anilines is 1. The lowest BCUT2D eigenvalue weighted by Crippen LogP contribution is -2.19. The summed E-state index contributed by atoms with van der Waals surface area (Å²) in [5, 5.41) is 22.5. The van der Waals surface area contributed by atoms with E-state index in [1.54, 1.807) is 0 Å². The minimum atomic E-state index is -1.24. The number of hydrogen-bond donors (Lipinski definition) is 3. The summed E-state index contributed by atoms with van der Waals surface area (Å²) in [6.45, 7) is 0.0617. The van der Waals surface area contributed by atoms with Crippen LogP contribution in [0.5, 0.6) is 0 Å². The molecule has 7 heteroatoms. The van der Waals surface area contributed by atoms with Gasteiger partial charge in [-0.05, 0) is 29.6 Å². The Morgan fingerprint density at radius 1 is 1.47 bits per heavy atom. The third kappa shape index (κ3) is 3.60. The maximum absolute atomic E-state index is 13.1. The average Bonchev–Trinajstić information content (AvgIpc) is 2.32. The van der Waals surface area contributed by atoms with Gasteiger partial charge in [0.1, 0.15) is 11.9 Å². The number of nitrogens with zero attached hydrogens (tertiary/aromatic N) is 3. The molecule has 0 radical (unpaired) electrons. The molecule has 4 N–H and O–H groups in total. The quantitative estimate of drug-likeness (QED) is 0.313. The van der Waals surface area contributed by atoms with Gasteiger partial charge in [-0.15, -0.1) is 0 Å². The van der Waals surface area contributed by atoms with Crippen molar-refractivity contribution < 1.29 is 14.6 Å². The molecule has 0 spiro atoms. The molecule has 92 valence electrons. The van der Waals surface area contributed by atoms with Gasteiger partial charge in [0.15, 0.2) is 0 Å². The van der Waals surface area contributed by atoms with Crippen LogP contribution in [0.3, 0.4) is 0 Å². The highest BCUT2D eigenvalue weighted by Crippen LogP contribution is 2.22. The number of benzene rings is 1. The first-order chi connectivity index (χ1) is 8.06. The van der Waals surface area contributed by atoms with Gasteiger partial charge in [-0.3, -0.25) is 0 Å². The second kappa shape index (κ2) is 6.05. The van der Waals surface area contributed by atoms with Crippen LogP contribution >= 0.6 is 0 Å². The lowest BCUT2D eigenvalue weighted by atomic mass is 10.0. The van der Waals surface area contributed by atoms with E-state index in [9.17, 15) is 14.6 Å². The first-order valence-corrected chi connectivity index (χ1v) is 4.98. The number of halogens is 1. The third-order valence-corrected chi connectivity index (χ3v) is 2.32. The van der Waals surface area contributed by atoms with Crippen LogP contribution in [0, 0.1) is 5.82 Å². The Balaban J connectivity index is 2.70. The lowest BCUT2D eigenvalue weighted by Gasteiger charge is -2.17. The van der Waals surface area contributed by atoms with E-state index in [-0.39, 0.29) is 24.2 Å². The van der Waals surface area contributed by atoms with Crippen LogP contribution in [-0.2, 0) is 0 Å². The van der Waals surface area contributed by atoms with Crippen molar-refractivity contribution >= 4 is 5.69 Å². The SMILES string of the molecule is [N-]=[N+]=NCCC(O)C(O)c1ccc(N)c(F)c1. The van der Waals surface area contributed by atoms with Crippen molar-refractivity contribution in [2.75, 3.05) is 12.3 Å². The zero-order valence-electron chi connectivity index (χ0n) is 8.99. The summed E-state index contributed by atoms with van der Waals surface area (Å²) < 4.78 is 13.1. The van der Waals surface area contributed by atoms with Crippen molar-refractivity contribution in [1.82, 2.24) is 0 Å². The fourth-order valence-corrected chi connectivity index (χ4v) is 1.34. The van der Waals surface area contributed by atoms with Gasteiger partial charge >= 0.3 is 0 Å². The van der Waals surface area contributed by atoms with Gasteiger partial charge in [0.25, 0.3) is 0 Å². The van der Waals surface area contributed by atoms with Gasteiger partial charge in [0.2, 0.25) is 0 Å². The van der Waals surface area contributed by atoms with Crippen molar-refractivity contribution in [3.63, 3.8) is 0 Å². The Bertz CT molecular complexity index is 434. The van der Waals surface area contributed by atoms with Crippen molar-refractivity contribution in [3.05, 3.63) is 40.0 Å². The highest BCUT2D eigenvalue weighted by atomic mass is 19.1. The second-order valence-corrected chi connectivity index (χ2v) is 3.54. The van der Waals surface area contributed by atoms with E-state index in [4.69, 9.17) is 11.3 Å². The standard InChI is InChI=1S/C10H13FN4O2/c11-7-5-6(1-2-8(7)12)10(17)9(16)3-4-14-15-13/h1-2,5,9-10,16-17H,3-4,12H2.